The first-order valence-electron chi connectivity index (χ1n) is 6.92. The van der Waals surface area contributed by atoms with Crippen LogP contribution in [0.4, 0.5) is 0 Å². The summed E-state index contributed by atoms with van der Waals surface area (Å²) in [5.74, 6) is -0.400. The number of aromatic carboxylic acids is 1. The Morgan fingerprint density at radius 1 is 1.09 bits per heavy atom. The summed E-state index contributed by atoms with van der Waals surface area (Å²) in [7, 11) is 0. The minimum atomic E-state index is -0.930. The molecule has 2 aromatic carbocycles. The monoisotopic (exact) mass is 293 g/mol. The van der Waals surface area contributed by atoms with Crippen molar-refractivity contribution in [1.82, 2.24) is 4.98 Å². The van der Waals surface area contributed by atoms with Gasteiger partial charge in [0, 0.05) is 6.08 Å². The Morgan fingerprint density at radius 3 is 2.45 bits per heavy atom. The molecule has 0 aliphatic rings. The van der Waals surface area contributed by atoms with Gasteiger partial charge in [0.2, 0.25) is 5.89 Å². The molecule has 0 bridgehead atoms. The van der Waals surface area contributed by atoms with Gasteiger partial charge in [-0.1, -0.05) is 12.1 Å². The molecule has 22 heavy (non-hydrogen) atoms. The Kier molecular flexibility index (Phi) is 3.51. The number of carboxylic acid groups (broad SMARTS) is 1. The number of oxazole rings is 1. The number of benzene rings is 2. The van der Waals surface area contributed by atoms with Gasteiger partial charge < -0.3 is 9.52 Å². The molecule has 4 nitrogen and oxygen atoms in total. The molecule has 1 aromatic heterocycles. The maximum absolute atomic E-state index is 10.8. The minimum Gasteiger partial charge on any atom is -0.478 e. The average Bonchev–Trinajstić information content (AvgIpc) is 2.88. The fraction of sp³-hybridized carbons (Fsp3) is 0.111. The SMILES string of the molecule is Cc1cc2nc(C=Cc3ccc(C(=O)O)cc3)oc2cc1C. The fourth-order valence-electron chi connectivity index (χ4n) is 2.17. The van der Waals surface area contributed by atoms with Gasteiger partial charge in [0.15, 0.2) is 5.58 Å². The van der Waals surface area contributed by atoms with Crippen LogP contribution in [0.2, 0.25) is 0 Å². The van der Waals surface area contributed by atoms with Crippen LogP contribution in [-0.2, 0) is 0 Å². The number of aryl methyl sites for hydroxylation is 2. The molecule has 3 aromatic rings. The molecular weight excluding hydrogens is 278 g/mol. The van der Waals surface area contributed by atoms with E-state index < -0.39 is 5.97 Å². The summed E-state index contributed by atoms with van der Waals surface area (Å²) < 4.78 is 5.70. The first-order valence-corrected chi connectivity index (χ1v) is 6.92. The molecule has 0 spiro atoms. The van der Waals surface area contributed by atoms with Crippen LogP contribution >= 0.6 is 0 Å². The summed E-state index contributed by atoms with van der Waals surface area (Å²) in [4.78, 5) is 15.2. The Bertz CT molecular complexity index is 834. The smallest absolute Gasteiger partial charge is 0.335 e. The predicted octanol–water partition coefficient (Wildman–Crippen LogP) is 4.31. The molecule has 1 heterocycles. The lowest BCUT2D eigenvalue weighted by molar-refractivity contribution is 0.0697. The van der Waals surface area contributed by atoms with E-state index in [1.807, 2.05) is 32.1 Å². The number of carboxylic acids is 1. The van der Waals surface area contributed by atoms with Crippen LogP contribution < -0.4 is 0 Å². The van der Waals surface area contributed by atoms with Gasteiger partial charge in [-0.25, -0.2) is 9.78 Å². The van der Waals surface area contributed by atoms with E-state index in [0.29, 0.717) is 5.89 Å². The summed E-state index contributed by atoms with van der Waals surface area (Å²) in [6.45, 7) is 4.08. The molecule has 3 rings (SSSR count). The number of hydrogen-bond acceptors (Lipinski definition) is 3. The molecule has 0 fully saturated rings. The van der Waals surface area contributed by atoms with Crippen LogP contribution in [0.1, 0.15) is 32.9 Å². The van der Waals surface area contributed by atoms with Gasteiger partial charge in [-0.15, -0.1) is 0 Å². The number of hydrogen-bond donors (Lipinski definition) is 1. The number of carbonyl (C=O) groups is 1. The topological polar surface area (TPSA) is 63.3 Å². The zero-order valence-electron chi connectivity index (χ0n) is 12.3. The standard InChI is InChI=1S/C18H15NO3/c1-11-9-15-16(10-12(11)2)22-17(19-15)8-5-13-3-6-14(7-4-13)18(20)21/h3-10H,1-2H3,(H,20,21). The van der Waals surface area contributed by atoms with Gasteiger partial charge in [0.25, 0.3) is 0 Å². The van der Waals surface area contributed by atoms with Gasteiger partial charge >= 0.3 is 5.97 Å². The van der Waals surface area contributed by atoms with Crippen molar-refractivity contribution in [1.29, 1.82) is 0 Å². The van der Waals surface area contributed by atoms with Gasteiger partial charge in [0.1, 0.15) is 5.52 Å². The third-order valence-corrected chi connectivity index (χ3v) is 3.60. The molecule has 0 saturated carbocycles. The molecule has 0 saturated heterocycles. The molecule has 0 aliphatic heterocycles. The molecule has 0 unspecified atom stereocenters. The quantitative estimate of drug-likeness (QED) is 0.781. The molecule has 4 heteroatoms. The van der Waals surface area contributed by atoms with E-state index in [-0.39, 0.29) is 5.56 Å². The normalized spacial score (nSPS) is 11.4. The lowest BCUT2D eigenvalue weighted by Crippen LogP contribution is -1.94. The maximum atomic E-state index is 10.8. The Labute approximate surface area is 127 Å². The highest BCUT2D eigenvalue weighted by Gasteiger charge is 2.05. The first kappa shape index (κ1) is 14.1. The highest BCUT2D eigenvalue weighted by atomic mass is 16.4. The summed E-state index contributed by atoms with van der Waals surface area (Å²) in [6.07, 6.45) is 3.62. The van der Waals surface area contributed by atoms with E-state index in [0.717, 1.165) is 16.7 Å². The molecule has 0 aliphatic carbocycles. The zero-order valence-corrected chi connectivity index (χ0v) is 12.3. The highest BCUT2D eigenvalue weighted by Crippen LogP contribution is 2.21. The lowest BCUT2D eigenvalue weighted by atomic mass is 10.1. The van der Waals surface area contributed by atoms with Gasteiger partial charge in [-0.05, 0) is 60.9 Å². The number of rotatable bonds is 3. The molecule has 110 valence electrons. The third kappa shape index (κ3) is 2.76. The van der Waals surface area contributed by atoms with E-state index in [2.05, 4.69) is 4.98 Å². The van der Waals surface area contributed by atoms with Crippen molar-refractivity contribution in [2.75, 3.05) is 0 Å². The largest absolute Gasteiger partial charge is 0.478 e. The predicted molar refractivity (Wildman–Crippen MR) is 85.8 cm³/mol. The van der Waals surface area contributed by atoms with Crippen molar-refractivity contribution in [3.05, 3.63) is 64.5 Å². The van der Waals surface area contributed by atoms with Crippen molar-refractivity contribution in [2.24, 2.45) is 0 Å². The molecular formula is C18H15NO3. The summed E-state index contributed by atoms with van der Waals surface area (Å²) in [6, 6.07) is 10.6. The van der Waals surface area contributed by atoms with Crippen LogP contribution in [0.3, 0.4) is 0 Å². The van der Waals surface area contributed by atoms with Crippen LogP contribution in [0.5, 0.6) is 0 Å². The Balaban J connectivity index is 1.87. The van der Waals surface area contributed by atoms with Crippen molar-refractivity contribution < 1.29 is 14.3 Å². The second-order valence-corrected chi connectivity index (χ2v) is 5.22. The minimum absolute atomic E-state index is 0.268. The highest BCUT2D eigenvalue weighted by molar-refractivity contribution is 5.88. The van der Waals surface area contributed by atoms with Crippen LogP contribution in [0.25, 0.3) is 23.3 Å². The van der Waals surface area contributed by atoms with Crippen LogP contribution in [0.15, 0.2) is 40.8 Å². The van der Waals surface area contributed by atoms with Crippen LogP contribution in [-0.4, -0.2) is 16.1 Å². The molecule has 0 atom stereocenters. The first-order chi connectivity index (χ1) is 10.5. The Hall–Kier alpha value is -2.88. The second-order valence-electron chi connectivity index (χ2n) is 5.22. The van der Waals surface area contributed by atoms with Gasteiger partial charge in [0.05, 0.1) is 5.56 Å². The molecule has 0 radical (unpaired) electrons. The molecule has 0 amide bonds. The number of aromatic nitrogens is 1. The Morgan fingerprint density at radius 2 is 1.77 bits per heavy atom. The maximum Gasteiger partial charge on any atom is 0.335 e. The third-order valence-electron chi connectivity index (χ3n) is 3.60. The van der Waals surface area contributed by atoms with Crippen molar-refractivity contribution >= 4 is 29.2 Å². The van der Waals surface area contributed by atoms with Crippen molar-refractivity contribution in [2.45, 2.75) is 13.8 Å². The lowest BCUT2D eigenvalue weighted by Gasteiger charge is -1.96. The molecule has 1 N–H and O–H groups in total. The van der Waals surface area contributed by atoms with E-state index in [9.17, 15) is 4.79 Å². The summed E-state index contributed by atoms with van der Waals surface area (Å²) in [5, 5.41) is 8.87. The van der Waals surface area contributed by atoms with E-state index in [4.69, 9.17) is 9.52 Å². The van der Waals surface area contributed by atoms with Crippen molar-refractivity contribution in [3.8, 4) is 0 Å². The van der Waals surface area contributed by atoms with Gasteiger partial charge in [-0.3, -0.25) is 0 Å². The van der Waals surface area contributed by atoms with Crippen molar-refractivity contribution in [3.63, 3.8) is 0 Å². The van der Waals surface area contributed by atoms with Gasteiger partial charge in [-0.2, -0.15) is 0 Å². The van der Waals surface area contributed by atoms with Crippen LogP contribution in [0, 0.1) is 13.8 Å². The van der Waals surface area contributed by atoms with E-state index in [1.54, 1.807) is 30.3 Å². The zero-order chi connectivity index (χ0) is 15.7. The number of nitrogens with zero attached hydrogens (tertiary/aromatic N) is 1. The average molecular weight is 293 g/mol. The summed E-state index contributed by atoms with van der Waals surface area (Å²) in [5.41, 5.74) is 5.11. The number of fused-ring (bicyclic) bond motifs is 1. The fourth-order valence-corrected chi connectivity index (χ4v) is 2.17. The second kappa shape index (κ2) is 5.48. The van der Waals surface area contributed by atoms with E-state index in [1.165, 1.54) is 11.1 Å². The van der Waals surface area contributed by atoms with E-state index >= 15 is 0 Å². The summed E-state index contributed by atoms with van der Waals surface area (Å²) >= 11 is 0.